The summed E-state index contributed by atoms with van der Waals surface area (Å²) in [7, 11) is -2.47. The van der Waals surface area contributed by atoms with Gasteiger partial charge >= 0.3 is 6.18 Å². The van der Waals surface area contributed by atoms with E-state index < -0.39 is 20.1 Å². The third-order valence-electron chi connectivity index (χ3n) is 8.10. The van der Waals surface area contributed by atoms with Crippen molar-refractivity contribution >= 4 is 82.3 Å². The number of H-pyrrole nitrogens is 2. The minimum atomic E-state index is -4.51. The number of benzene rings is 2. The lowest BCUT2D eigenvalue weighted by Gasteiger charge is -2.42. The van der Waals surface area contributed by atoms with Gasteiger partial charge in [0, 0.05) is 40.5 Å². The van der Waals surface area contributed by atoms with Crippen molar-refractivity contribution < 1.29 is 27.1 Å². The molecule has 2 N–H and O–H groups in total. The minimum Gasteiger partial charge on any atom is -0.399 e. The van der Waals surface area contributed by atoms with Crippen LogP contribution in [-0.4, -0.2) is 43.5 Å². The molecule has 2 aliphatic carbocycles. The average molecular weight is 723 g/mol. The Balaban J connectivity index is 0.000000162. The summed E-state index contributed by atoms with van der Waals surface area (Å²) in [6, 6.07) is 6.76. The van der Waals surface area contributed by atoms with E-state index in [1.165, 1.54) is 18.9 Å². The lowest BCUT2D eigenvalue weighted by Crippen LogP contribution is -2.52. The second-order valence-corrected chi connectivity index (χ2v) is 18.7. The van der Waals surface area contributed by atoms with Crippen molar-refractivity contribution in [2.24, 2.45) is 0 Å². The summed E-state index contributed by atoms with van der Waals surface area (Å²) in [5.74, 6) is 0.171. The first-order valence-electron chi connectivity index (χ1n) is 15.0. The lowest BCUT2D eigenvalue weighted by molar-refractivity contribution is -0.264. The van der Waals surface area contributed by atoms with Crippen molar-refractivity contribution in [1.82, 2.24) is 9.97 Å². The lowest BCUT2D eigenvalue weighted by atomic mass is 9.82. The SMILES string of the molecule is C1CCOC1.C[Si](C)(C)OC1(C(F)(F)F)CCCc2c1[nH]c1c(Cl)cc(Cl)cc21.O=C1CCCc2c1[nH]c1c(Cl)cc(Cl)cc21. The number of alkyl halides is 3. The second-order valence-electron chi connectivity index (χ2n) is 12.6. The van der Waals surface area contributed by atoms with Crippen LogP contribution in [0, 0.1) is 0 Å². The molecule has 45 heavy (non-hydrogen) atoms. The van der Waals surface area contributed by atoms with Gasteiger partial charge in [0.2, 0.25) is 0 Å². The van der Waals surface area contributed by atoms with Crippen LogP contribution >= 0.6 is 46.4 Å². The number of ketones is 1. The van der Waals surface area contributed by atoms with Crippen molar-refractivity contribution in [2.45, 2.75) is 82.8 Å². The molecule has 244 valence electrons. The van der Waals surface area contributed by atoms with Crippen molar-refractivity contribution in [2.75, 3.05) is 13.2 Å². The number of hydrogen-bond acceptors (Lipinski definition) is 3. The van der Waals surface area contributed by atoms with E-state index >= 15 is 0 Å². The Morgan fingerprint density at radius 2 is 1.36 bits per heavy atom. The van der Waals surface area contributed by atoms with Crippen LogP contribution in [0.4, 0.5) is 13.2 Å². The number of hydrogen-bond donors (Lipinski definition) is 2. The largest absolute Gasteiger partial charge is 0.422 e. The smallest absolute Gasteiger partial charge is 0.399 e. The van der Waals surface area contributed by atoms with E-state index in [1.54, 1.807) is 31.8 Å². The zero-order chi connectivity index (χ0) is 32.7. The zero-order valence-corrected chi connectivity index (χ0v) is 29.3. The fourth-order valence-corrected chi connectivity index (χ4v) is 8.76. The van der Waals surface area contributed by atoms with Crippen LogP contribution < -0.4 is 0 Å². The predicted octanol–water partition coefficient (Wildman–Crippen LogP) is 11.2. The first-order valence-corrected chi connectivity index (χ1v) is 19.9. The van der Waals surface area contributed by atoms with Gasteiger partial charge in [-0.05, 0) is 100.0 Å². The second kappa shape index (κ2) is 13.4. The summed E-state index contributed by atoms with van der Waals surface area (Å²) in [6.07, 6.45) is 1.32. The Morgan fingerprint density at radius 1 is 0.800 bits per heavy atom. The normalized spacial score (nSPS) is 19.9. The topological polar surface area (TPSA) is 67.1 Å². The van der Waals surface area contributed by atoms with Gasteiger partial charge in [0.25, 0.3) is 0 Å². The van der Waals surface area contributed by atoms with E-state index in [1.807, 2.05) is 6.07 Å². The van der Waals surface area contributed by atoms with E-state index in [0.717, 1.165) is 42.5 Å². The van der Waals surface area contributed by atoms with Crippen LogP contribution in [0.15, 0.2) is 24.3 Å². The van der Waals surface area contributed by atoms with Gasteiger partial charge in [0.1, 0.15) is 0 Å². The van der Waals surface area contributed by atoms with E-state index in [0.29, 0.717) is 61.5 Å². The Morgan fingerprint density at radius 3 is 1.89 bits per heavy atom. The zero-order valence-electron chi connectivity index (χ0n) is 25.3. The number of halogens is 7. The van der Waals surface area contributed by atoms with Crippen LogP contribution in [-0.2, 0) is 27.6 Å². The standard InChI is InChI=1S/C16H18Cl2F3NOSi.C12H9Cl2NO.C4H8O/c1-24(2,3)23-15(16(19,20)21)6-4-5-10-11-7-9(17)8-12(18)13(11)22-14(10)15;13-6-4-8-7-2-1-3-10(16)12(7)15-11(8)9(14)5-6;1-2-4-5-3-1/h7-8,22H,4-6H2,1-3H3;4-5,15H,1-3H2;1-4H2. The fourth-order valence-electron chi connectivity index (χ4n) is 6.32. The van der Waals surface area contributed by atoms with Gasteiger partial charge in [-0.15, -0.1) is 0 Å². The highest BCUT2D eigenvalue weighted by atomic mass is 35.5. The maximum atomic E-state index is 14.1. The van der Waals surface area contributed by atoms with Crippen molar-refractivity contribution in [3.05, 3.63) is 66.9 Å². The minimum absolute atomic E-state index is 0.0860. The highest BCUT2D eigenvalue weighted by molar-refractivity contribution is 6.69. The number of aryl methyl sites for hydroxylation is 2. The molecule has 7 rings (SSSR count). The number of carbonyl (C=O) groups is 1. The summed E-state index contributed by atoms with van der Waals surface area (Å²) < 4.78 is 53.1. The molecule has 0 saturated carbocycles. The molecule has 0 radical (unpaired) electrons. The number of Topliss-reactive ketones (excluding diaryl/α,β-unsaturated/α-hetero) is 1. The van der Waals surface area contributed by atoms with Crippen molar-refractivity contribution in [1.29, 1.82) is 0 Å². The predicted molar refractivity (Wildman–Crippen MR) is 179 cm³/mol. The average Bonchev–Trinajstić information content (AvgIpc) is 3.69. The van der Waals surface area contributed by atoms with Gasteiger partial charge in [-0.2, -0.15) is 13.2 Å². The maximum Gasteiger partial charge on any atom is 0.422 e. The third-order valence-corrected chi connectivity index (χ3v) is 10.1. The maximum absolute atomic E-state index is 14.1. The van der Waals surface area contributed by atoms with E-state index in [2.05, 4.69) is 9.97 Å². The highest BCUT2D eigenvalue weighted by Gasteiger charge is 2.61. The van der Waals surface area contributed by atoms with Gasteiger partial charge in [-0.3, -0.25) is 4.79 Å². The molecule has 1 atom stereocenters. The van der Waals surface area contributed by atoms with Crippen LogP contribution in [0.5, 0.6) is 0 Å². The summed E-state index contributed by atoms with van der Waals surface area (Å²) in [4.78, 5) is 17.8. The molecule has 0 spiro atoms. The summed E-state index contributed by atoms with van der Waals surface area (Å²) in [6.45, 7) is 7.30. The number of carbonyl (C=O) groups excluding carboxylic acids is 1. The summed E-state index contributed by atoms with van der Waals surface area (Å²) in [5, 5.41) is 3.54. The first kappa shape index (κ1) is 34.6. The van der Waals surface area contributed by atoms with Crippen molar-refractivity contribution in [3.63, 3.8) is 0 Å². The van der Waals surface area contributed by atoms with Gasteiger partial charge < -0.3 is 19.1 Å². The van der Waals surface area contributed by atoms with Gasteiger partial charge in [0.15, 0.2) is 19.7 Å². The Bertz CT molecular complexity index is 1720. The number of rotatable bonds is 2. The number of fused-ring (bicyclic) bond motifs is 6. The van der Waals surface area contributed by atoms with Gasteiger partial charge in [-0.25, -0.2) is 0 Å². The molecule has 0 bridgehead atoms. The molecule has 2 aromatic carbocycles. The molecule has 1 unspecified atom stereocenters. The molecule has 3 aliphatic rings. The van der Waals surface area contributed by atoms with Gasteiger partial charge in [-0.1, -0.05) is 46.4 Å². The molecule has 1 aliphatic heterocycles. The monoisotopic (exact) mass is 720 g/mol. The number of nitrogens with one attached hydrogen (secondary N) is 2. The molecular formula is C32H35Cl4F3N2O3Si. The van der Waals surface area contributed by atoms with E-state index in [-0.39, 0.29) is 17.9 Å². The molecule has 13 heteroatoms. The quantitative estimate of drug-likeness (QED) is 0.203. The number of ether oxygens (including phenoxy) is 1. The van der Waals surface area contributed by atoms with E-state index in [9.17, 15) is 18.0 Å². The number of aromatic amines is 2. The molecule has 5 nitrogen and oxygen atoms in total. The first-order chi connectivity index (χ1) is 21.1. The van der Waals surface area contributed by atoms with Crippen LogP contribution in [0.2, 0.25) is 39.7 Å². The molecular weight excluding hydrogens is 687 g/mol. The van der Waals surface area contributed by atoms with E-state index in [4.69, 9.17) is 55.6 Å². The Hall–Kier alpha value is -1.72. The Kier molecular flexibility index (Phi) is 10.3. The van der Waals surface area contributed by atoms with Crippen LogP contribution in [0.3, 0.4) is 0 Å². The molecule has 2 aromatic heterocycles. The summed E-state index contributed by atoms with van der Waals surface area (Å²) >= 11 is 24.3. The third kappa shape index (κ3) is 7.25. The fraction of sp³-hybridized carbons (Fsp3) is 0.469. The van der Waals surface area contributed by atoms with Gasteiger partial charge in [0.05, 0.1) is 32.5 Å². The van der Waals surface area contributed by atoms with Crippen LogP contribution in [0.1, 0.15) is 65.8 Å². The molecule has 0 amide bonds. The molecule has 4 aromatic rings. The van der Waals surface area contributed by atoms with Crippen molar-refractivity contribution in [3.8, 4) is 0 Å². The summed E-state index contributed by atoms with van der Waals surface area (Å²) in [5.41, 5.74) is 1.48. The Labute approximate surface area is 281 Å². The molecule has 1 fully saturated rings. The highest BCUT2D eigenvalue weighted by Crippen LogP contribution is 2.52. The number of aromatic nitrogens is 2. The molecule has 1 saturated heterocycles. The van der Waals surface area contributed by atoms with Crippen LogP contribution in [0.25, 0.3) is 21.8 Å². The molecule has 3 heterocycles.